The van der Waals surface area contributed by atoms with E-state index in [1.165, 1.54) is 11.3 Å². The van der Waals surface area contributed by atoms with Crippen molar-refractivity contribution in [2.24, 2.45) is 5.73 Å². The third-order valence-electron chi connectivity index (χ3n) is 3.73. The zero-order valence-corrected chi connectivity index (χ0v) is 14.5. The number of rotatable bonds is 3. The lowest BCUT2D eigenvalue weighted by Gasteiger charge is -2.12. The molecule has 2 heterocycles. The van der Waals surface area contributed by atoms with Crippen molar-refractivity contribution in [3.63, 3.8) is 0 Å². The molecule has 24 heavy (non-hydrogen) atoms. The summed E-state index contributed by atoms with van der Waals surface area (Å²) >= 11 is 7.48. The van der Waals surface area contributed by atoms with E-state index in [0.717, 1.165) is 16.0 Å². The Bertz CT molecular complexity index is 819. The highest BCUT2D eigenvalue weighted by molar-refractivity contribution is 7.17. The van der Waals surface area contributed by atoms with Gasteiger partial charge in [0.1, 0.15) is 5.00 Å². The third kappa shape index (κ3) is 3.24. The fraction of sp³-hybridized carbons (Fsp3) is 0.250. The largest absolute Gasteiger partial charge is 0.376 e. The molecule has 0 fully saturated rings. The number of hydrogen-bond acceptors (Lipinski definition) is 4. The number of ether oxygens (including phenoxy) is 1. The van der Waals surface area contributed by atoms with Gasteiger partial charge in [0.15, 0.2) is 0 Å². The summed E-state index contributed by atoms with van der Waals surface area (Å²) in [5, 5.41) is 6.29. The van der Waals surface area contributed by atoms with Gasteiger partial charge in [-0.1, -0.05) is 23.7 Å². The van der Waals surface area contributed by atoms with Crippen LogP contribution in [-0.2, 0) is 17.8 Å². The van der Waals surface area contributed by atoms with Gasteiger partial charge in [-0.3, -0.25) is 10.1 Å². The molecular weight excluding hydrogens is 350 g/mol. The number of anilines is 2. The van der Waals surface area contributed by atoms with Crippen molar-refractivity contribution in [1.82, 2.24) is 0 Å². The second kappa shape index (κ2) is 6.80. The molecule has 0 spiro atoms. The molecule has 0 radical (unpaired) electrons. The molecule has 0 unspecified atom stereocenters. The van der Waals surface area contributed by atoms with Crippen molar-refractivity contribution >= 4 is 45.6 Å². The van der Waals surface area contributed by atoms with Crippen LogP contribution in [0.15, 0.2) is 18.2 Å². The Morgan fingerprint density at radius 1 is 1.33 bits per heavy atom. The van der Waals surface area contributed by atoms with Gasteiger partial charge in [-0.2, -0.15) is 0 Å². The SMILES string of the molecule is Cc1cccc(NC(=O)Nc2sc3c(c2C(N)=O)CCOC3)c1Cl. The van der Waals surface area contributed by atoms with Crippen molar-refractivity contribution in [1.29, 1.82) is 0 Å². The number of hydrogen-bond donors (Lipinski definition) is 3. The zero-order chi connectivity index (χ0) is 17.3. The molecule has 1 aliphatic heterocycles. The van der Waals surface area contributed by atoms with E-state index >= 15 is 0 Å². The van der Waals surface area contributed by atoms with Crippen LogP contribution < -0.4 is 16.4 Å². The number of primary amides is 1. The molecule has 4 N–H and O–H groups in total. The lowest BCUT2D eigenvalue weighted by Crippen LogP contribution is -2.22. The molecule has 2 aromatic rings. The third-order valence-corrected chi connectivity index (χ3v) is 5.36. The van der Waals surface area contributed by atoms with Crippen LogP contribution in [0, 0.1) is 6.92 Å². The highest BCUT2D eigenvalue weighted by Gasteiger charge is 2.25. The lowest BCUT2D eigenvalue weighted by molar-refractivity contribution is 0.0991. The number of carbonyl (C=O) groups excluding carboxylic acids is 2. The van der Waals surface area contributed by atoms with Gasteiger partial charge >= 0.3 is 6.03 Å². The van der Waals surface area contributed by atoms with Gasteiger partial charge in [-0.05, 0) is 30.5 Å². The standard InChI is InChI=1S/C16H16ClN3O3S/c1-8-3-2-4-10(13(8)17)19-16(22)20-15-12(14(18)21)9-5-6-23-7-11(9)24-15/h2-4H,5-7H2,1H3,(H2,18,21)(H2,19,20,22). The molecule has 8 heteroatoms. The summed E-state index contributed by atoms with van der Waals surface area (Å²) in [4.78, 5) is 25.0. The quantitative estimate of drug-likeness (QED) is 0.776. The van der Waals surface area contributed by atoms with Crippen molar-refractivity contribution < 1.29 is 14.3 Å². The highest BCUT2D eigenvalue weighted by Crippen LogP contribution is 2.36. The minimum absolute atomic E-state index is 0.365. The average molecular weight is 366 g/mol. The van der Waals surface area contributed by atoms with Crippen molar-refractivity contribution in [3.05, 3.63) is 44.8 Å². The maximum Gasteiger partial charge on any atom is 0.324 e. The second-order valence-corrected chi connectivity index (χ2v) is 6.87. The average Bonchev–Trinajstić information content (AvgIpc) is 2.89. The molecule has 3 amide bonds. The fourth-order valence-corrected chi connectivity index (χ4v) is 3.94. The second-order valence-electron chi connectivity index (χ2n) is 5.39. The first-order valence-electron chi connectivity index (χ1n) is 7.32. The van der Waals surface area contributed by atoms with Gasteiger partial charge in [0, 0.05) is 4.88 Å². The number of aryl methyl sites for hydroxylation is 1. The summed E-state index contributed by atoms with van der Waals surface area (Å²) < 4.78 is 5.39. The molecule has 0 aliphatic carbocycles. The van der Waals surface area contributed by atoms with Crippen LogP contribution >= 0.6 is 22.9 Å². The van der Waals surface area contributed by atoms with Gasteiger partial charge in [0.2, 0.25) is 0 Å². The van der Waals surface area contributed by atoms with Crippen molar-refractivity contribution in [2.45, 2.75) is 20.0 Å². The number of fused-ring (bicyclic) bond motifs is 1. The number of urea groups is 1. The van der Waals surface area contributed by atoms with Gasteiger partial charge in [-0.15, -0.1) is 11.3 Å². The van der Waals surface area contributed by atoms with Crippen molar-refractivity contribution in [3.8, 4) is 0 Å². The van der Waals surface area contributed by atoms with Gasteiger partial charge < -0.3 is 15.8 Å². The number of thiophene rings is 1. The number of carbonyl (C=O) groups is 2. The molecule has 0 saturated heterocycles. The van der Waals surface area contributed by atoms with Gasteiger partial charge in [0.25, 0.3) is 5.91 Å². The molecule has 0 atom stereocenters. The smallest absolute Gasteiger partial charge is 0.324 e. The Hall–Kier alpha value is -2.09. The van der Waals surface area contributed by atoms with E-state index in [2.05, 4.69) is 10.6 Å². The molecule has 0 saturated carbocycles. The van der Waals surface area contributed by atoms with Crippen molar-refractivity contribution in [2.75, 3.05) is 17.2 Å². The maximum atomic E-state index is 12.3. The summed E-state index contributed by atoms with van der Waals surface area (Å²) in [6.07, 6.45) is 0.608. The maximum absolute atomic E-state index is 12.3. The van der Waals surface area contributed by atoms with E-state index in [-0.39, 0.29) is 0 Å². The molecule has 1 aromatic carbocycles. The van der Waals surface area contributed by atoms with Crippen LogP contribution in [0.1, 0.15) is 26.4 Å². The summed E-state index contributed by atoms with van der Waals surface area (Å²) in [6.45, 7) is 2.81. The van der Waals surface area contributed by atoms with E-state index in [1.807, 2.05) is 13.0 Å². The minimum atomic E-state index is -0.557. The van der Waals surface area contributed by atoms with Crippen LogP contribution in [0.2, 0.25) is 5.02 Å². The first kappa shape index (κ1) is 16.8. The first-order chi connectivity index (χ1) is 11.5. The Balaban J connectivity index is 1.83. The van der Waals surface area contributed by atoms with Crippen LogP contribution in [0.3, 0.4) is 0 Å². The predicted molar refractivity (Wildman–Crippen MR) is 95.0 cm³/mol. The Morgan fingerprint density at radius 3 is 2.88 bits per heavy atom. The number of halogens is 1. The molecule has 0 bridgehead atoms. The Kier molecular flexibility index (Phi) is 4.75. The number of amides is 3. The summed E-state index contributed by atoms with van der Waals surface area (Å²) in [5.41, 5.74) is 8.07. The number of nitrogens with one attached hydrogen (secondary N) is 2. The highest BCUT2D eigenvalue weighted by atomic mass is 35.5. The summed E-state index contributed by atoms with van der Waals surface area (Å²) in [5.74, 6) is -0.557. The monoisotopic (exact) mass is 365 g/mol. The van der Waals surface area contributed by atoms with Crippen LogP contribution in [0.5, 0.6) is 0 Å². The zero-order valence-electron chi connectivity index (χ0n) is 12.9. The molecule has 3 rings (SSSR count). The lowest BCUT2D eigenvalue weighted by atomic mass is 10.1. The number of nitrogens with two attached hydrogens (primary N) is 1. The van der Waals surface area contributed by atoms with Crippen LogP contribution in [-0.4, -0.2) is 18.5 Å². The predicted octanol–water partition coefficient (Wildman–Crippen LogP) is 3.53. The molecule has 1 aliphatic rings. The van der Waals surface area contributed by atoms with E-state index in [1.54, 1.807) is 12.1 Å². The van der Waals surface area contributed by atoms with Crippen LogP contribution in [0.4, 0.5) is 15.5 Å². The van der Waals surface area contributed by atoms with E-state index in [9.17, 15) is 9.59 Å². The number of benzene rings is 1. The molecule has 1 aromatic heterocycles. The molecular formula is C16H16ClN3O3S. The minimum Gasteiger partial charge on any atom is -0.376 e. The Labute approximate surface area is 147 Å². The topological polar surface area (TPSA) is 93.5 Å². The van der Waals surface area contributed by atoms with E-state index < -0.39 is 11.9 Å². The van der Waals surface area contributed by atoms with E-state index in [0.29, 0.717) is 40.9 Å². The molecule has 126 valence electrons. The molecule has 6 nitrogen and oxygen atoms in total. The summed E-state index contributed by atoms with van der Waals surface area (Å²) in [7, 11) is 0. The van der Waals surface area contributed by atoms with Gasteiger partial charge in [0.05, 0.1) is 29.5 Å². The fourth-order valence-electron chi connectivity index (χ4n) is 2.58. The normalized spacial score (nSPS) is 13.2. The first-order valence-corrected chi connectivity index (χ1v) is 8.52. The van der Waals surface area contributed by atoms with Gasteiger partial charge in [-0.25, -0.2) is 4.79 Å². The summed E-state index contributed by atoms with van der Waals surface area (Å²) in [6, 6.07) is 4.87. The Morgan fingerprint density at radius 2 is 2.12 bits per heavy atom. The van der Waals surface area contributed by atoms with Crippen LogP contribution in [0.25, 0.3) is 0 Å². The van der Waals surface area contributed by atoms with E-state index in [4.69, 9.17) is 22.1 Å².